The monoisotopic (exact) mass is 326 g/mol. The van der Waals surface area contributed by atoms with E-state index >= 15 is 0 Å². The molecule has 0 saturated heterocycles. The van der Waals surface area contributed by atoms with Crippen LogP contribution in [0.5, 0.6) is 5.75 Å². The number of ether oxygens (including phenoxy) is 2. The average molecular weight is 326 g/mol. The quantitative estimate of drug-likeness (QED) is 0.623. The fourth-order valence-corrected chi connectivity index (χ4v) is 2.18. The molecule has 2 rings (SSSR count). The predicted octanol–water partition coefficient (Wildman–Crippen LogP) is 3.65. The molecule has 0 spiro atoms. The molecule has 4 heteroatoms. The molecule has 0 aliphatic carbocycles. The molecule has 0 atom stereocenters. The van der Waals surface area contributed by atoms with Crippen LogP contribution in [-0.2, 0) is 16.1 Å². The zero-order valence-electron chi connectivity index (χ0n) is 14.0. The number of carbonyl (C=O) groups excluding carboxylic acids is 1. The fourth-order valence-electron chi connectivity index (χ4n) is 2.18. The first-order valence-electron chi connectivity index (χ1n) is 7.77. The van der Waals surface area contributed by atoms with Gasteiger partial charge in [0.05, 0.1) is 6.61 Å². The lowest BCUT2D eigenvalue weighted by molar-refractivity contribution is -0.140. The second-order valence-corrected chi connectivity index (χ2v) is 5.59. The van der Waals surface area contributed by atoms with Gasteiger partial charge >= 0.3 is 5.97 Å². The Bertz CT molecular complexity index is 717. The molecule has 1 N–H and O–H groups in total. The van der Waals surface area contributed by atoms with Crippen LogP contribution in [0, 0.1) is 6.92 Å². The van der Waals surface area contributed by atoms with E-state index < -0.39 is 0 Å². The van der Waals surface area contributed by atoms with Gasteiger partial charge in [-0.05, 0) is 54.3 Å². The van der Waals surface area contributed by atoms with Crippen molar-refractivity contribution in [3.63, 3.8) is 0 Å². The number of benzene rings is 2. The van der Waals surface area contributed by atoms with Crippen LogP contribution in [-0.4, -0.2) is 24.3 Å². The van der Waals surface area contributed by atoms with Crippen molar-refractivity contribution in [2.24, 2.45) is 0 Å². The Kier molecular flexibility index (Phi) is 6.15. The van der Waals surface area contributed by atoms with Gasteiger partial charge in [0.15, 0.2) is 0 Å². The van der Waals surface area contributed by atoms with Crippen LogP contribution in [0.1, 0.15) is 18.1 Å². The highest BCUT2D eigenvalue weighted by Crippen LogP contribution is 2.25. The van der Waals surface area contributed by atoms with Crippen molar-refractivity contribution in [3.8, 4) is 16.9 Å². The zero-order chi connectivity index (χ0) is 17.5. The summed E-state index contributed by atoms with van der Waals surface area (Å²) in [4.78, 5) is 11.6. The van der Waals surface area contributed by atoms with Crippen LogP contribution in [0.25, 0.3) is 11.1 Å². The lowest BCUT2D eigenvalue weighted by atomic mass is 10.00. The molecule has 0 saturated carbocycles. The SMILES string of the molecule is C=C(C)C(=O)OCc1cc(-c2ccc(OCCO)cc2)ccc1C. The summed E-state index contributed by atoms with van der Waals surface area (Å²) < 4.78 is 10.6. The first-order chi connectivity index (χ1) is 11.5. The number of carbonyl (C=O) groups is 1. The Hall–Kier alpha value is -2.59. The van der Waals surface area contributed by atoms with E-state index in [0.29, 0.717) is 5.57 Å². The summed E-state index contributed by atoms with van der Waals surface area (Å²) in [6, 6.07) is 13.7. The molecule has 4 nitrogen and oxygen atoms in total. The molecule has 2 aromatic carbocycles. The Morgan fingerprint density at radius 1 is 1.12 bits per heavy atom. The standard InChI is InChI=1S/C20H22O4/c1-14(2)20(22)24-13-18-12-17(5-4-15(18)3)16-6-8-19(9-7-16)23-11-10-21/h4-9,12,21H,1,10-11,13H2,2-3H3. The van der Waals surface area contributed by atoms with Gasteiger partial charge in [-0.15, -0.1) is 0 Å². The Morgan fingerprint density at radius 3 is 2.42 bits per heavy atom. The summed E-state index contributed by atoms with van der Waals surface area (Å²) >= 11 is 0. The highest BCUT2D eigenvalue weighted by Gasteiger charge is 2.07. The lowest BCUT2D eigenvalue weighted by Gasteiger charge is -2.11. The van der Waals surface area contributed by atoms with Crippen LogP contribution in [0.15, 0.2) is 54.6 Å². The maximum Gasteiger partial charge on any atom is 0.333 e. The number of rotatable bonds is 7. The smallest absolute Gasteiger partial charge is 0.333 e. The van der Waals surface area contributed by atoms with Crippen molar-refractivity contribution in [1.82, 2.24) is 0 Å². The lowest BCUT2D eigenvalue weighted by Crippen LogP contribution is -2.05. The molecule has 0 aliphatic rings. The highest BCUT2D eigenvalue weighted by atomic mass is 16.5. The van der Waals surface area contributed by atoms with Crippen molar-refractivity contribution < 1.29 is 19.4 Å². The zero-order valence-corrected chi connectivity index (χ0v) is 14.0. The van der Waals surface area contributed by atoms with Crippen LogP contribution < -0.4 is 4.74 Å². The van der Waals surface area contributed by atoms with Gasteiger partial charge in [-0.2, -0.15) is 0 Å². The Morgan fingerprint density at radius 2 is 1.79 bits per heavy atom. The minimum atomic E-state index is -0.384. The highest BCUT2D eigenvalue weighted by molar-refractivity contribution is 5.86. The van der Waals surface area contributed by atoms with Gasteiger partial charge < -0.3 is 14.6 Å². The van der Waals surface area contributed by atoms with E-state index in [1.54, 1.807) is 6.92 Å². The maximum atomic E-state index is 11.6. The van der Waals surface area contributed by atoms with E-state index in [-0.39, 0.29) is 25.8 Å². The number of aryl methyl sites for hydroxylation is 1. The molecule has 126 valence electrons. The third-order valence-electron chi connectivity index (χ3n) is 3.60. The van der Waals surface area contributed by atoms with Crippen molar-refractivity contribution in [2.45, 2.75) is 20.5 Å². The molecule has 0 aliphatic heterocycles. The fraction of sp³-hybridized carbons (Fsp3) is 0.250. The van der Waals surface area contributed by atoms with Crippen molar-refractivity contribution in [2.75, 3.05) is 13.2 Å². The largest absolute Gasteiger partial charge is 0.491 e. The van der Waals surface area contributed by atoms with Crippen molar-refractivity contribution in [1.29, 1.82) is 0 Å². The van der Waals surface area contributed by atoms with E-state index in [9.17, 15) is 4.79 Å². The van der Waals surface area contributed by atoms with E-state index in [4.69, 9.17) is 14.6 Å². The second-order valence-electron chi connectivity index (χ2n) is 5.59. The molecular weight excluding hydrogens is 304 g/mol. The number of hydrogen-bond acceptors (Lipinski definition) is 4. The molecule has 0 aromatic heterocycles. The molecule has 2 aromatic rings. The van der Waals surface area contributed by atoms with Gasteiger partial charge in [0.2, 0.25) is 0 Å². The summed E-state index contributed by atoms with van der Waals surface area (Å²) in [6.07, 6.45) is 0. The minimum Gasteiger partial charge on any atom is -0.491 e. The van der Waals surface area contributed by atoms with Gasteiger partial charge in [-0.25, -0.2) is 4.79 Å². The number of esters is 1. The normalized spacial score (nSPS) is 10.3. The van der Waals surface area contributed by atoms with E-state index in [1.165, 1.54) is 0 Å². The van der Waals surface area contributed by atoms with Crippen LogP contribution in [0.2, 0.25) is 0 Å². The molecule has 24 heavy (non-hydrogen) atoms. The third kappa shape index (κ3) is 4.70. The molecule has 0 fully saturated rings. The van der Waals surface area contributed by atoms with Crippen LogP contribution in [0.4, 0.5) is 0 Å². The van der Waals surface area contributed by atoms with Gasteiger partial charge in [-0.3, -0.25) is 0 Å². The first-order valence-corrected chi connectivity index (χ1v) is 7.77. The third-order valence-corrected chi connectivity index (χ3v) is 3.60. The molecular formula is C20H22O4. The summed E-state index contributed by atoms with van der Waals surface area (Å²) in [5, 5.41) is 8.77. The Balaban J connectivity index is 2.14. The minimum absolute atomic E-state index is 0.00796. The first kappa shape index (κ1) is 17.8. The van der Waals surface area contributed by atoms with Crippen LogP contribution in [0.3, 0.4) is 0 Å². The number of aliphatic hydroxyl groups is 1. The van der Waals surface area contributed by atoms with Crippen molar-refractivity contribution >= 4 is 5.97 Å². The number of hydrogen-bond donors (Lipinski definition) is 1. The van der Waals surface area contributed by atoms with Crippen molar-refractivity contribution in [3.05, 3.63) is 65.7 Å². The predicted molar refractivity (Wildman–Crippen MR) is 93.8 cm³/mol. The topological polar surface area (TPSA) is 55.8 Å². The van der Waals surface area contributed by atoms with E-state index in [2.05, 4.69) is 6.58 Å². The number of aliphatic hydroxyl groups excluding tert-OH is 1. The molecule has 0 bridgehead atoms. The van der Waals surface area contributed by atoms with Gasteiger partial charge in [0.25, 0.3) is 0 Å². The van der Waals surface area contributed by atoms with E-state index in [0.717, 1.165) is 28.0 Å². The molecule has 0 unspecified atom stereocenters. The summed E-state index contributed by atoms with van der Waals surface area (Å²) in [5.74, 6) is 0.334. The molecule has 0 radical (unpaired) electrons. The maximum absolute atomic E-state index is 11.6. The second kappa shape index (κ2) is 8.31. The van der Waals surface area contributed by atoms with Gasteiger partial charge in [-0.1, -0.05) is 30.8 Å². The molecule has 0 amide bonds. The average Bonchev–Trinajstić information content (AvgIpc) is 2.59. The molecule has 0 heterocycles. The van der Waals surface area contributed by atoms with E-state index in [1.807, 2.05) is 49.4 Å². The Labute approximate surface area is 142 Å². The van der Waals surface area contributed by atoms with Crippen LogP contribution >= 0.6 is 0 Å². The summed E-state index contributed by atoms with van der Waals surface area (Å²) in [7, 11) is 0. The van der Waals surface area contributed by atoms with Gasteiger partial charge in [0, 0.05) is 5.57 Å². The summed E-state index contributed by atoms with van der Waals surface area (Å²) in [5.41, 5.74) is 4.50. The summed E-state index contributed by atoms with van der Waals surface area (Å²) in [6.45, 7) is 7.70. The van der Waals surface area contributed by atoms with Gasteiger partial charge in [0.1, 0.15) is 19.0 Å².